The first kappa shape index (κ1) is 20.2. The number of rotatable bonds is 7. The van der Waals surface area contributed by atoms with E-state index in [1.54, 1.807) is 4.68 Å². The van der Waals surface area contributed by atoms with Crippen molar-refractivity contribution in [1.82, 2.24) is 25.4 Å². The molecule has 0 radical (unpaired) electrons. The van der Waals surface area contributed by atoms with E-state index in [0.717, 1.165) is 17.0 Å². The minimum Gasteiger partial charge on any atom is -0.450 e. The second kappa shape index (κ2) is 9.60. The minimum atomic E-state index is -0.860. The van der Waals surface area contributed by atoms with Gasteiger partial charge in [0.15, 0.2) is 12.4 Å². The number of carbonyl (C=O) groups excluding carboxylic acids is 3. The molecule has 1 aromatic carbocycles. The van der Waals surface area contributed by atoms with Crippen molar-refractivity contribution in [2.24, 2.45) is 0 Å². The maximum Gasteiger partial charge on any atom is 0.378 e. The van der Waals surface area contributed by atoms with E-state index >= 15 is 0 Å². The van der Waals surface area contributed by atoms with Crippen molar-refractivity contribution in [3.8, 4) is 16.4 Å². The van der Waals surface area contributed by atoms with Crippen molar-refractivity contribution in [1.29, 1.82) is 0 Å². The van der Waals surface area contributed by atoms with Gasteiger partial charge in [-0.3, -0.25) is 10.1 Å². The predicted molar refractivity (Wildman–Crippen MR) is 107 cm³/mol. The molecule has 29 heavy (non-hydrogen) atoms. The van der Waals surface area contributed by atoms with Crippen LogP contribution in [-0.2, 0) is 9.53 Å². The Hall–Kier alpha value is -3.53. The summed E-state index contributed by atoms with van der Waals surface area (Å²) < 4.78 is 6.49. The summed E-state index contributed by atoms with van der Waals surface area (Å²) in [7, 11) is 0. The summed E-state index contributed by atoms with van der Waals surface area (Å²) in [5.74, 6) is -1.29. The van der Waals surface area contributed by atoms with Crippen LogP contribution in [-0.4, -0.2) is 45.8 Å². The number of hydrogen-bond acceptors (Lipinski definition) is 7. The van der Waals surface area contributed by atoms with Crippen LogP contribution < -0.4 is 10.6 Å². The first-order valence-corrected chi connectivity index (χ1v) is 9.77. The van der Waals surface area contributed by atoms with Gasteiger partial charge in [-0.25, -0.2) is 14.3 Å². The van der Waals surface area contributed by atoms with Crippen LogP contribution >= 0.6 is 11.3 Å². The zero-order valence-corrected chi connectivity index (χ0v) is 16.4. The minimum absolute atomic E-state index is 0.180. The van der Waals surface area contributed by atoms with E-state index in [-0.39, 0.29) is 5.82 Å². The third-order valence-electron chi connectivity index (χ3n) is 3.65. The van der Waals surface area contributed by atoms with E-state index in [9.17, 15) is 14.4 Å². The van der Waals surface area contributed by atoms with Gasteiger partial charge in [0.2, 0.25) is 0 Å². The second-order valence-electron chi connectivity index (χ2n) is 5.86. The van der Waals surface area contributed by atoms with Crippen LogP contribution in [0.4, 0.5) is 4.79 Å². The Morgan fingerprint density at radius 1 is 1.14 bits per heavy atom. The number of amides is 3. The van der Waals surface area contributed by atoms with Crippen molar-refractivity contribution in [2.45, 2.75) is 13.3 Å². The number of nitrogens with zero attached hydrogens (tertiary/aromatic N) is 3. The molecule has 0 saturated carbocycles. The highest BCUT2D eigenvalue weighted by molar-refractivity contribution is 7.13. The number of aromatic nitrogens is 3. The van der Waals surface area contributed by atoms with Crippen molar-refractivity contribution >= 4 is 29.2 Å². The van der Waals surface area contributed by atoms with Gasteiger partial charge >= 0.3 is 12.0 Å². The van der Waals surface area contributed by atoms with E-state index in [1.807, 2.05) is 54.8 Å². The van der Waals surface area contributed by atoms with Crippen molar-refractivity contribution < 1.29 is 19.1 Å². The normalized spacial score (nSPS) is 10.4. The molecule has 3 amide bonds. The number of thiophene rings is 1. The van der Waals surface area contributed by atoms with Crippen LogP contribution in [0.1, 0.15) is 24.0 Å². The number of benzene rings is 1. The van der Waals surface area contributed by atoms with Gasteiger partial charge in [-0.1, -0.05) is 31.2 Å². The van der Waals surface area contributed by atoms with Gasteiger partial charge in [0, 0.05) is 6.54 Å². The van der Waals surface area contributed by atoms with Gasteiger partial charge in [-0.2, -0.15) is 4.98 Å². The Morgan fingerprint density at radius 2 is 1.93 bits per heavy atom. The maximum atomic E-state index is 12.3. The number of para-hydroxylation sites is 1. The second-order valence-corrected chi connectivity index (χ2v) is 6.81. The predicted octanol–water partition coefficient (Wildman–Crippen LogP) is 2.39. The Balaban J connectivity index is 1.71. The zero-order valence-electron chi connectivity index (χ0n) is 15.6. The third kappa shape index (κ3) is 5.26. The molecule has 2 aromatic heterocycles. The molecule has 0 spiro atoms. The first-order valence-electron chi connectivity index (χ1n) is 8.89. The Morgan fingerprint density at radius 3 is 2.62 bits per heavy atom. The van der Waals surface area contributed by atoms with Crippen LogP contribution in [0, 0.1) is 0 Å². The summed E-state index contributed by atoms with van der Waals surface area (Å²) in [5, 5.41) is 10.7. The number of carbonyl (C=O) groups is 3. The van der Waals surface area contributed by atoms with E-state index in [2.05, 4.69) is 20.7 Å². The molecule has 10 heteroatoms. The molecule has 0 saturated heterocycles. The number of nitrogens with one attached hydrogen (secondary N) is 2. The van der Waals surface area contributed by atoms with Gasteiger partial charge in [0.05, 0.1) is 10.6 Å². The lowest BCUT2D eigenvalue weighted by atomic mass is 10.3. The summed E-state index contributed by atoms with van der Waals surface area (Å²) >= 11 is 1.46. The standard InChI is InChI=1S/C19H19N5O4S/c1-2-10-20-19(27)21-15(25)12-28-18(26)16-22-17(14-9-6-11-29-14)24(23-16)13-7-4-3-5-8-13/h3-9,11H,2,10,12H2,1H3,(H2,20,21,25,27). The largest absolute Gasteiger partial charge is 0.450 e. The molecule has 3 rings (SSSR count). The van der Waals surface area contributed by atoms with Gasteiger partial charge in [0.25, 0.3) is 11.7 Å². The number of imide groups is 1. The summed E-state index contributed by atoms with van der Waals surface area (Å²) in [6.07, 6.45) is 0.735. The monoisotopic (exact) mass is 413 g/mol. The molecule has 0 unspecified atom stereocenters. The highest BCUT2D eigenvalue weighted by atomic mass is 32.1. The fourth-order valence-corrected chi connectivity index (χ4v) is 3.05. The molecule has 0 aliphatic heterocycles. The zero-order chi connectivity index (χ0) is 20.6. The van der Waals surface area contributed by atoms with Crippen LogP contribution in [0.15, 0.2) is 47.8 Å². The van der Waals surface area contributed by atoms with Gasteiger partial charge < -0.3 is 10.1 Å². The van der Waals surface area contributed by atoms with Crippen LogP contribution in [0.2, 0.25) is 0 Å². The molecule has 0 fully saturated rings. The number of ether oxygens (including phenoxy) is 1. The summed E-state index contributed by atoms with van der Waals surface area (Å²) in [5.41, 5.74) is 0.729. The van der Waals surface area contributed by atoms with E-state index in [1.165, 1.54) is 11.3 Å². The Labute approximate surface area is 170 Å². The summed E-state index contributed by atoms with van der Waals surface area (Å²) in [6.45, 7) is 1.70. The molecule has 0 aliphatic carbocycles. The molecule has 0 aliphatic rings. The smallest absolute Gasteiger partial charge is 0.378 e. The average molecular weight is 413 g/mol. The topological polar surface area (TPSA) is 115 Å². The summed E-state index contributed by atoms with van der Waals surface area (Å²) in [6, 6.07) is 12.3. The maximum absolute atomic E-state index is 12.3. The van der Waals surface area contributed by atoms with Gasteiger partial charge in [-0.15, -0.1) is 16.4 Å². The van der Waals surface area contributed by atoms with E-state index in [0.29, 0.717) is 12.4 Å². The SMILES string of the molecule is CCCNC(=O)NC(=O)COC(=O)c1nc(-c2cccs2)n(-c2ccccc2)n1. The van der Waals surface area contributed by atoms with Crippen LogP contribution in [0.3, 0.4) is 0 Å². The molecule has 2 N–H and O–H groups in total. The van der Waals surface area contributed by atoms with Crippen LogP contribution in [0.5, 0.6) is 0 Å². The molecular formula is C19H19N5O4S. The van der Waals surface area contributed by atoms with E-state index in [4.69, 9.17) is 4.74 Å². The van der Waals surface area contributed by atoms with Crippen molar-refractivity contribution in [2.75, 3.05) is 13.2 Å². The Bertz CT molecular complexity index is 985. The van der Waals surface area contributed by atoms with Crippen LogP contribution in [0.25, 0.3) is 16.4 Å². The molecular weight excluding hydrogens is 394 g/mol. The van der Waals surface area contributed by atoms with Gasteiger partial charge in [0.1, 0.15) is 0 Å². The highest BCUT2D eigenvalue weighted by Gasteiger charge is 2.21. The van der Waals surface area contributed by atoms with Crippen molar-refractivity contribution in [3.63, 3.8) is 0 Å². The lowest BCUT2D eigenvalue weighted by Crippen LogP contribution is -2.41. The quantitative estimate of drug-likeness (QED) is 0.575. The lowest BCUT2D eigenvalue weighted by molar-refractivity contribution is -0.123. The lowest BCUT2D eigenvalue weighted by Gasteiger charge is -2.05. The Kier molecular flexibility index (Phi) is 6.69. The van der Waals surface area contributed by atoms with Crippen molar-refractivity contribution in [3.05, 3.63) is 53.7 Å². The molecule has 2 heterocycles. The van der Waals surface area contributed by atoms with Gasteiger partial charge in [-0.05, 0) is 30.0 Å². The fraction of sp³-hybridized carbons (Fsp3) is 0.211. The number of urea groups is 1. The number of esters is 1. The first-order chi connectivity index (χ1) is 14.1. The highest BCUT2D eigenvalue weighted by Crippen LogP contribution is 2.25. The fourth-order valence-electron chi connectivity index (χ4n) is 2.35. The summed E-state index contributed by atoms with van der Waals surface area (Å²) in [4.78, 5) is 40.6. The third-order valence-corrected chi connectivity index (χ3v) is 4.52. The molecule has 3 aromatic rings. The molecule has 9 nitrogen and oxygen atoms in total. The molecule has 0 atom stereocenters. The molecule has 0 bridgehead atoms. The van der Waals surface area contributed by atoms with E-state index < -0.39 is 24.5 Å². The average Bonchev–Trinajstić information content (AvgIpc) is 3.40. The number of hydrogen-bond donors (Lipinski definition) is 2. The molecule has 150 valence electrons.